The average Bonchev–Trinajstić information content (AvgIpc) is 2.59. The van der Waals surface area contributed by atoms with Gasteiger partial charge in [0, 0.05) is 11.1 Å². The molecule has 21 heavy (non-hydrogen) atoms. The number of fused-ring (bicyclic) bond motifs is 1. The maximum atomic E-state index is 12.0. The van der Waals surface area contributed by atoms with Gasteiger partial charge in [-0.1, -0.05) is 48.0 Å². The van der Waals surface area contributed by atoms with E-state index >= 15 is 0 Å². The highest BCUT2D eigenvalue weighted by molar-refractivity contribution is 6.36. The van der Waals surface area contributed by atoms with Crippen LogP contribution in [0.4, 0.5) is 5.69 Å². The van der Waals surface area contributed by atoms with Gasteiger partial charge in [-0.25, -0.2) is 0 Å². The Balaban J connectivity index is 2.28. The van der Waals surface area contributed by atoms with Crippen molar-refractivity contribution >= 4 is 28.9 Å². The Labute approximate surface area is 127 Å². The van der Waals surface area contributed by atoms with Crippen LogP contribution in [0.1, 0.15) is 16.7 Å². The number of amides is 1. The fraction of sp³-hybridized carbons (Fsp3) is 0.125. The minimum Gasteiger partial charge on any atom is -0.321 e. The molecular weight excluding hydrogens is 286 g/mol. The van der Waals surface area contributed by atoms with Crippen molar-refractivity contribution in [3.8, 4) is 0 Å². The number of halogens is 1. The van der Waals surface area contributed by atoms with E-state index in [1.807, 2.05) is 43.3 Å². The van der Waals surface area contributed by atoms with Crippen LogP contribution in [-0.4, -0.2) is 17.8 Å². The molecule has 1 aliphatic rings. The van der Waals surface area contributed by atoms with Gasteiger partial charge in [0.15, 0.2) is 6.17 Å². The molecule has 0 aliphatic carbocycles. The van der Waals surface area contributed by atoms with Gasteiger partial charge in [0.25, 0.3) is 5.91 Å². The molecule has 1 atom stereocenters. The molecule has 1 amide bonds. The number of benzodiazepines with no additional fused rings is 1. The summed E-state index contributed by atoms with van der Waals surface area (Å²) in [5, 5.41) is 3.22. The van der Waals surface area contributed by atoms with E-state index in [0.717, 1.165) is 16.7 Å². The van der Waals surface area contributed by atoms with Crippen LogP contribution in [0.15, 0.2) is 47.5 Å². The second-order valence-electron chi connectivity index (χ2n) is 4.89. The molecule has 4 nitrogen and oxygen atoms in total. The Hall–Kier alpha value is -2.17. The summed E-state index contributed by atoms with van der Waals surface area (Å²) in [5.74, 6) is -0.368. The van der Waals surface area contributed by atoms with E-state index in [-0.39, 0.29) is 5.91 Å². The highest BCUT2D eigenvalue weighted by Gasteiger charge is 2.25. The minimum absolute atomic E-state index is 0.368. The van der Waals surface area contributed by atoms with Crippen LogP contribution in [0, 0.1) is 6.92 Å². The molecule has 0 aromatic heterocycles. The zero-order chi connectivity index (χ0) is 15.0. The fourth-order valence-corrected chi connectivity index (χ4v) is 2.59. The quantitative estimate of drug-likeness (QED) is 0.850. The third-order valence-electron chi connectivity index (χ3n) is 3.45. The molecule has 0 bridgehead atoms. The van der Waals surface area contributed by atoms with Gasteiger partial charge in [-0.3, -0.25) is 9.79 Å². The number of anilines is 1. The van der Waals surface area contributed by atoms with Crippen LogP contribution < -0.4 is 11.1 Å². The van der Waals surface area contributed by atoms with Crippen molar-refractivity contribution in [3.63, 3.8) is 0 Å². The van der Waals surface area contributed by atoms with E-state index in [9.17, 15) is 4.79 Å². The first-order valence-electron chi connectivity index (χ1n) is 6.57. The molecule has 0 fully saturated rings. The van der Waals surface area contributed by atoms with Gasteiger partial charge in [0.1, 0.15) is 0 Å². The smallest absolute Gasteiger partial charge is 0.263 e. The third-order valence-corrected chi connectivity index (χ3v) is 3.77. The van der Waals surface area contributed by atoms with Crippen LogP contribution >= 0.6 is 11.6 Å². The number of nitrogens with two attached hydrogens (primary N) is 1. The number of carbonyl (C=O) groups is 1. The number of rotatable bonds is 1. The van der Waals surface area contributed by atoms with Crippen LogP contribution in [0.5, 0.6) is 0 Å². The lowest BCUT2D eigenvalue weighted by atomic mass is 9.97. The van der Waals surface area contributed by atoms with Gasteiger partial charge in [-0.15, -0.1) is 0 Å². The Morgan fingerprint density at radius 1 is 1.14 bits per heavy atom. The summed E-state index contributed by atoms with van der Waals surface area (Å²) in [4.78, 5) is 16.4. The van der Waals surface area contributed by atoms with Crippen molar-refractivity contribution in [2.75, 3.05) is 5.32 Å². The van der Waals surface area contributed by atoms with Crippen LogP contribution in [0.2, 0.25) is 5.02 Å². The summed E-state index contributed by atoms with van der Waals surface area (Å²) in [6, 6.07) is 13.3. The monoisotopic (exact) mass is 299 g/mol. The number of nitrogens with one attached hydrogen (secondary N) is 1. The van der Waals surface area contributed by atoms with Gasteiger partial charge < -0.3 is 11.1 Å². The van der Waals surface area contributed by atoms with Gasteiger partial charge in [0.05, 0.1) is 16.4 Å². The second-order valence-corrected chi connectivity index (χ2v) is 5.30. The summed E-state index contributed by atoms with van der Waals surface area (Å²) in [5.41, 5.74) is 9.85. The molecular formula is C16H14ClN3O. The van der Waals surface area contributed by atoms with Crippen LogP contribution in [-0.2, 0) is 4.79 Å². The molecule has 106 valence electrons. The topological polar surface area (TPSA) is 67.5 Å². The van der Waals surface area contributed by atoms with Crippen molar-refractivity contribution in [2.24, 2.45) is 10.7 Å². The highest BCUT2D eigenvalue weighted by atomic mass is 35.5. The van der Waals surface area contributed by atoms with E-state index in [1.165, 1.54) is 0 Å². The number of nitrogens with zero attached hydrogens (tertiary/aromatic N) is 1. The van der Waals surface area contributed by atoms with Gasteiger partial charge in [-0.05, 0) is 18.6 Å². The van der Waals surface area contributed by atoms with Crippen molar-refractivity contribution in [1.82, 2.24) is 0 Å². The lowest BCUT2D eigenvalue weighted by molar-refractivity contribution is -0.117. The number of aryl methyl sites for hydroxylation is 1. The number of aliphatic imine (C=N–C) groups is 1. The van der Waals surface area contributed by atoms with E-state index in [2.05, 4.69) is 10.3 Å². The molecule has 0 spiro atoms. The van der Waals surface area contributed by atoms with Crippen molar-refractivity contribution in [1.29, 1.82) is 0 Å². The first-order valence-corrected chi connectivity index (χ1v) is 6.95. The molecule has 1 heterocycles. The summed E-state index contributed by atoms with van der Waals surface area (Å²) >= 11 is 6.21. The molecule has 2 aromatic carbocycles. The van der Waals surface area contributed by atoms with E-state index in [1.54, 1.807) is 6.07 Å². The lowest BCUT2D eigenvalue weighted by Gasteiger charge is -2.12. The zero-order valence-corrected chi connectivity index (χ0v) is 12.2. The number of benzene rings is 2. The molecule has 0 radical (unpaired) electrons. The largest absolute Gasteiger partial charge is 0.321 e. The molecule has 3 rings (SSSR count). The van der Waals surface area contributed by atoms with Gasteiger partial charge >= 0.3 is 0 Å². The fourth-order valence-electron chi connectivity index (χ4n) is 2.37. The molecule has 1 unspecified atom stereocenters. The maximum Gasteiger partial charge on any atom is 0.263 e. The Bertz CT molecular complexity index is 755. The van der Waals surface area contributed by atoms with Crippen LogP contribution in [0.3, 0.4) is 0 Å². The van der Waals surface area contributed by atoms with Gasteiger partial charge in [-0.2, -0.15) is 0 Å². The first kappa shape index (κ1) is 13.8. The highest BCUT2D eigenvalue weighted by Crippen LogP contribution is 2.31. The SMILES string of the molecule is Cc1ccccc1C1=NC(N)C(=O)Nc2c(Cl)cccc21. The zero-order valence-electron chi connectivity index (χ0n) is 11.4. The van der Waals surface area contributed by atoms with E-state index < -0.39 is 6.17 Å². The second kappa shape index (κ2) is 5.31. The normalized spacial score (nSPS) is 17.6. The molecule has 1 aliphatic heterocycles. The summed E-state index contributed by atoms with van der Waals surface area (Å²) in [6.07, 6.45) is -0.955. The number of para-hydroxylation sites is 1. The van der Waals surface area contributed by atoms with Crippen LogP contribution in [0.25, 0.3) is 0 Å². The number of hydrogen-bond acceptors (Lipinski definition) is 3. The Morgan fingerprint density at radius 2 is 1.86 bits per heavy atom. The number of carbonyl (C=O) groups excluding carboxylic acids is 1. The number of hydrogen-bond donors (Lipinski definition) is 2. The third kappa shape index (κ3) is 2.44. The Kier molecular flexibility index (Phi) is 3.49. The van der Waals surface area contributed by atoms with Crippen molar-refractivity contribution in [2.45, 2.75) is 13.1 Å². The minimum atomic E-state index is -0.955. The predicted molar refractivity (Wildman–Crippen MR) is 84.9 cm³/mol. The van der Waals surface area contributed by atoms with Gasteiger partial charge in [0.2, 0.25) is 0 Å². The first-order chi connectivity index (χ1) is 10.1. The average molecular weight is 300 g/mol. The van der Waals surface area contributed by atoms with E-state index in [4.69, 9.17) is 17.3 Å². The summed E-state index contributed by atoms with van der Waals surface area (Å²) in [6.45, 7) is 1.99. The molecule has 0 saturated carbocycles. The van der Waals surface area contributed by atoms with Crippen molar-refractivity contribution in [3.05, 3.63) is 64.2 Å². The maximum absolute atomic E-state index is 12.0. The summed E-state index contributed by atoms with van der Waals surface area (Å²) in [7, 11) is 0. The van der Waals surface area contributed by atoms with E-state index in [0.29, 0.717) is 16.4 Å². The van der Waals surface area contributed by atoms with Crippen molar-refractivity contribution < 1.29 is 4.79 Å². The summed E-state index contributed by atoms with van der Waals surface area (Å²) < 4.78 is 0. The lowest BCUT2D eigenvalue weighted by Crippen LogP contribution is -2.33. The molecule has 2 aromatic rings. The molecule has 3 N–H and O–H groups in total. The molecule has 0 saturated heterocycles. The standard InChI is InChI=1S/C16H14ClN3O/c1-9-5-2-3-6-10(9)13-11-7-4-8-12(17)14(11)20-16(21)15(18)19-13/h2-8,15H,18H2,1H3,(H,20,21). The Morgan fingerprint density at radius 3 is 2.62 bits per heavy atom. The molecule has 5 heteroatoms. The predicted octanol–water partition coefficient (Wildman–Crippen LogP) is 2.72.